The fourth-order valence-corrected chi connectivity index (χ4v) is 1.24. The highest BCUT2D eigenvalue weighted by Crippen LogP contribution is 2.36. The zero-order valence-electron chi connectivity index (χ0n) is 8.89. The molecule has 0 saturated carbocycles. The molecule has 2 N–H and O–H groups in total. The molecular formula is C9H7F5N2O2. The van der Waals surface area contributed by atoms with E-state index in [-0.39, 0.29) is 6.20 Å². The maximum atomic E-state index is 12.5. The summed E-state index contributed by atoms with van der Waals surface area (Å²) in [6, 6.07) is 0. The van der Waals surface area contributed by atoms with Crippen molar-refractivity contribution in [1.82, 2.24) is 4.98 Å². The van der Waals surface area contributed by atoms with Crippen LogP contribution in [0.15, 0.2) is 6.20 Å². The second kappa shape index (κ2) is 4.75. The summed E-state index contributed by atoms with van der Waals surface area (Å²) in [5.41, 5.74) is 0.333. The molecule has 1 rings (SSSR count). The molecule has 1 aromatic heterocycles. The summed E-state index contributed by atoms with van der Waals surface area (Å²) in [5.74, 6) is -1.48. The Labute approximate surface area is 97.6 Å². The van der Waals surface area contributed by atoms with E-state index >= 15 is 0 Å². The van der Waals surface area contributed by atoms with Gasteiger partial charge in [-0.15, -0.1) is 0 Å². The van der Waals surface area contributed by atoms with Crippen LogP contribution in [0.5, 0.6) is 0 Å². The minimum atomic E-state index is -5.00. The van der Waals surface area contributed by atoms with E-state index < -0.39 is 41.1 Å². The van der Waals surface area contributed by atoms with Gasteiger partial charge in [-0.3, -0.25) is 4.98 Å². The Bertz CT molecular complexity index is 473. The van der Waals surface area contributed by atoms with Crippen molar-refractivity contribution in [3.05, 3.63) is 23.0 Å². The van der Waals surface area contributed by atoms with E-state index in [4.69, 9.17) is 5.73 Å². The Hall–Kier alpha value is -1.93. The van der Waals surface area contributed by atoms with Crippen molar-refractivity contribution >= 4 is 11.7 Å². The Balaban J connectivity index is 3.57. The molecule has 4 nitrogen and oxygen atoms in total. The highest BCUT2D eigenvalue weighted by atomic mass is 19.4. The third kappa shape index (κ3) is 2.49. The number of esters is 1. The molecule has 1 heterocycles. The van der Waals surface area contributed by atoms with Gasteiger partial charge in [0, 0.05) is 6.20 Å². The van der Waals surface area contributed by atoms with Crippen LogP contribution in [0.1, 0.15) is 28.0 Å². The molecule has 0 bridgehead atoms. The van der Waals surface area contributed by atoms with Crippen LogP contribution in [0.3, 0.4) is 0 Å². The molecule has 1 aromatic rings. The maximum Gasteiger partial charge on any atom is 0.434 e. The molecule has 0 aromatic carbocycles. The van der Waals surface area contributed by atoms with Crippen molar-refractivity contribution in [2.45, 2.75) is 12.6 Å². The third-order valence-electron chi connectivity index (χ3n) is 2.04. The average molecular weight is 270 g/mol. The van der Waals surface area contributed by atoms with Crippen molar-refractivity contribution in [1.29, 1.82) is 0 Å². The van der Waals surface area contributed by atoms with E-state index in [1.54, 1.807) is 0 Å². The number of halogens is 5. The highest BCUT2D eigenvalue weighted by Gasteiger charge is 2.40. The van der Waals surface area contributed by atoms with Crippen LogP contribution < -0.4 is 5.73 Å². The third-order valence-corrected chi connectivity index (χ3v) is 2.04. The first-order valence-electron chi connectivity index (χ1n) is 4.42. The molecule has 0 amide bonds. The van der Waals surface area contributed by atoms with Crippen molar-refractivity contribution in [3.8, 4) is 0 Å². The van der Waals surface area contributed by atoms with Crippen LogP contribution in [-0.2, 0) is 10.9 Å². The van der Waals surface area contributed by atoms with Crippen LogP contribution >= 0.6 is 0 Å². The van der Waals surface area contributed by atoms with Crippen LogP contribution in [0.2, 0.25) is 0 Å². The molecule has 0 aliphatic rings. The number of carbonyl (C=O) groups is 1. The minimum Gasteiger partial charge on any atom is -0.465 e. The van der Waals surface area contributed by atoms with Gasteiger partial charge in [0.25, 0.3) is 6.43 Å². The van der Waals surface area contributed by atoms with Gasteiger partial charge in [-0.1, -0.05) is 0 Å². The SMILES string of the molecule is COC(=O)c1c(C(F)(F)F)ncc(C(F)F)c1N. The summed E-state index contributed by atoms with van der Waals surface area (Å²) in [6.45, 7) is 0. The van der Waals surface area contributed by atoms with E-state index in [2.05, 4.69) is 9.72 Å². The summed E-state index contributed by atoms with van der Waals surface area (Å²) in [5, 5.41) is 0. The number of aromatic nitrogens is 1. The summed E-state index contributed by atoms with van der Waals surface area (Å²) in [7, 11) is 0.803. The lowest BCUT2D eigenvalue weighted by Gasteiger charge is -2.14. The van der Waals surface area contributed by atoms with Crippen LogP contribution in [0.4, 0.5) is 27.6 Å². The molecule has 100 valence electrons. The first-order valence-corrected chi connectivity index (χ1v) is 4.42. The van der Waals surface area contributed by atoms with E-state index in [0.717, 1.165) is 7.11 Å². The molecule has 9 heteroatoms. The fraction of sp³-hybridized carbons (Fsp3) is 0.333. The molecule has 0 fully saturated rings. The zero-order chi connectivity index (χ0) is 14.1. The first kappa shape index (κ1) is 14.1. The lowest BCUT2D eigenvalue weighted by Crippen LogP contribution is -2.19. The molecule has 0 saturated heterocycles. The number of nitrogen functional groups attached to an aromatic ring is 1. The molecule has 0 radical (unpaired) electrons. The fourth-order valence-electron chi connectivity index (χ4n) is 1.24. The lowest BCUT2D eigenvalue weighted by atomic mass is 10.1. The van der Waals surface area contributed by atoms with Gasteiger partial charge in [0.15, 0.2) is 5.69 Å². The van der Waals surface area contributed by atoms with Gasteiger partial charge in [-0.25, -0.2) is 13.6 Å². The van der Waals surface area contributed by atoms with E-state index in [1.165, 1.54) is 0 Å². The number of pyridine rings is 1. The van der Waals surface area contributed by atoms with Crippen molar-refractivity contribution in [3.63, 3.8) is 0 Å². The van der Waals surface area contributed by atoms with Crippen molar-refractivity contribution < 1.29 is 31.5 Å². The summed E-state index contributed by atoms with van der Waals surface area (Å²) < 4.78 is 66.6. The molecule has 0 spiro atoms. The largest absolute Gasteiger partial charge is 0.465 e. The standard InChI is InChI=1S/C9H7F5N2O2/c1-18-8(17)4-5(15)3(7(10)11)2-16-6(4)9(12,13)14/h2,7H,1H3,(H2,15,16). The monoisotopic (exact) mass is 270 g/mol. The Morgan fingerprint density at radius 1 is 1.44 bits per heavy atom. The second-order valence-corrected chi connectivity index (χ2v) is 3.14. The molecular weight excluding hydrogens is 263 g/mol. The Morgan fingerprint density at radius 3 is 2.39 bits per heavy atom. The van der Waals surface area contributed by atoms with Crippen molar-refractivity contribution in [2.24, 2.45) is 0 Å². The number of hydrogen-bond acceptors (Lipinski definition) is 4. The number of hydrogen-bond donors (Lipinski definition) is 1. The first-order chi connectivity index (χ1) is 8.20. The van der Waals surface area contributed by atoms with Gasteiger partial charge < -0.3 is 10.5 Å². The number of methoxy groups -OCH3 is 1. The van der Waals surface area contributed by atoms with Crippen molar-refractivity contribution in [2.75, 3.05) is 12.8 Å². The summed E-state index contributed by atoms with van der Waals surface area (Å²) in [4.78, 5) is 14.0. The average Bonchev–Trinajstić information content (AvgIpc) is 2.25. The number of rotatable bonds is 2. The van der Waals surface area contributed by atoms with E-state index in [1.807, 2.05) is 0 Å². The topological polar surface area (TPSA) is 65.2 Å². The highest BCUT2D eigenvalue weighted by molar-refractivity contribution is 5.97. The normalized spacial score (nSPS) is 11.7. The van der Waals surface area contributed by atoms with Crippen LogP contribution in [0.25, 0.3) is 0 Å². The van der Waals surface area contributed by atoms with Gasteiger partial charge in [0.1, 0.15) is 5.56 Å². The van der Waals surface area contributed by atoms with Gasteiger partial charge >= 0.3 is 12.1 Å². The summed E-state index contributed by atoms with van der Waals surface area (Å²) in [6.07, 6.45) is -7.86. The van der Waals surface area contributed by atoms with E-state index in [9.17, 15) is 26.7 Å². The van der Waals surface area contributed by atoms with Crippen LogP contribution in [0, 0.1) is 0 Å². The van der Waals surface area contributed by atoms with Gasteiger partial charge in [-0.2, -0.15) is 13.2 Å². The number of carbonyl (C=O) groups excluding carboxylic acids is 1. The van der Waals surface area contributed by atoms with Crippen LogP contribution in [-0.4, -0.2) is 18.1 Å². The predicted molar refractivity (Wildman–Crippen MR) is 49.9 cm³/mol. The van der Waals surface area contributed by atoms with E-state index in [0.29, 0.717) is 0 Å². The van der Waals surface area contributed by atoms with Gasteiger partial charge in [-0.05, 0) is 0 Å². The van der Waals surface area contributed by atoms with Gasteiger partial charge in [0.05, 0.1) is 18.4 Å². The molecule has 0 unspecified atom stereocenters. The molecule has 18 heavy (non-hydrogen) atoms. The smallest absolute Gasteiger partial charge is 0.434 e. The quantitative estimate of drug-likeness (QED) is 0.662. The number of ether oxygens (including phenoxy) is 1. The van der Waals surface area contributed by atoms with Gasteiger partial charge in [0.2, 0.25) is 0 Å². The number of alkyl halides is 5. The molecule has 0 aliphatic carbocycles. The predicted octanol–water partition coefficient (Wildman–Crippen LogP) is 2.41. The Kier molecular flexibility index (Phi) is 3.73. The Morgan fingerprint density at radius 2 is 2.00 bits per heavy atom. The molecule has 0 atom stereocenters. The minimum absolute atomic E-state index is 0.287. The number of nitrogens with two attached hydrogens (primary N) is 1. The molecule has 0 aliphatic heterocycles. The summed E-state index contributed by atoms with van der Waals surface area (Å²) >= 11 is 0. The zero-order valence-corrected chi connectivity index (χ0v) is 8.89. The maximum absolute atomic E-state index is 12.5. The number of anilines is 1. The lowest BCUT2D eigenvalue weighted by molar-refractivity contribution is -0.141. The number of nitrogens with zero attached hydrogens (tertiary/aromatic N) is 1. The second-order valence-electron chi connectivity index (χ2n) is 3.14.